The summed E-state index contributed by atoms with van der Waals surface area (Å²) in [7, 11) is 0. The highest BCUT2D eigenvalue weighted by atomic mass is 32.1. The molecular formula is C28H32N6O2S. The Balaban J connectivity index is 1.32. The first-order valence-electron chi connectivity index (χ1n) is 12.9. The lowest BCUT2D eigenvalue weighted by Crippen LogP contribution is -2.36. The molecule has 0 unspecified atom stereocenters. The molecule has 2 aliphatic heterocycles. The minimum absolute atomic E-state index is 0.0461. The van der Waals surface area contributed by atoms with Gasteiger partial charge in [0, 0.05) is 68.4 Å². The van der Waals surface area contributed by atoms with Crippen LogP contribution in [0.15, 0.2) is 48.7 Å². The Morgan fingerprint density at radius 2 is 2.03 bits per heavy atom. The lowest BCUT2D eigenvalue weighted by molar-refractivity contribution is -0.119. The molecule has 8 nitrogen and oxygen atoms in total. The highest BCUT2D eigenvalue weighted by Crippen LogP contribution is 2.36. The van der Waals surface area contributed by atoms with Gasteiger partial charge in [-0.2, -0.15) is 5.10 Å². The zero-order valence-corrected chi connectivity index (χ0v) is 22.1. The fourth-order valence-electron chi connectivity index (χ4n) is 5.29. The number of aromatic nitrogens is 3. The van der Waals surface area contributed by atoms with Crippen molar-refractivity contribution >= 4 is 33.1 Å². The van der Waals surface area contributed by atoms with Gasteiger partial charge in [0.1, 0.15) is 0 Å². The maximum Gasteiger partial charge on any atom is 0.217 e. The van der Waals surface area contributed by atoms with Crippen LogP contribution in [0.1, 0.15) is 23.8 Å². The summed E-state index contributed by atoms with van der Waals surface area (Å²) in [6.45, 7) is 9.63. The zero-order chi connectivity index (χ0) is 25.4. The topological polar surface area (TPSA) is 75.5 Å². The van der Waals surface area contributed by atoms with E-state index in [1.807, 2.05) is 28.3 Å². The van der Waals surface area contributed by atoms with Crippen LogP contribution in [0.25, 0.3) is 27.3 Å². The van der Waals surface area contributed by atoms with Gasteiger partial charge in [-0.15, -0.1) is 11.3 Å². The van der Waals surface area contributed by atoms with Gasteiger partial charge in [0.15, 0.2) is 5.82 Å². The molecule has 4 aromatic rings. The number of carbonyl (C=O) groups is 1. The van der Waals surface area contributed by atoms with Gasteiger partial charge in [-0.3, -0.25) is 9.69 Å². The number of pyridine rings is 1. The summed E-state index contributed by atoms with van der Waals surface area (Å²) < 4.78 is 8.73. The van der Waals surface area contributed by atoms with Gasteiger partial charge in [-0.25, -0.2) is 9.67 Å². The van der Waals surface area contributed by atoms with E-state index in [4.69, 9.17) is 14.8 Å². The van der Waals surface area contributed by atoms with E-state index in [0.29, 0.717) is 0 Å². The molecule has 37 heavy (non-hydrogen) atoms. The highest BCUT2D eigenvalue weighted by Gasteiger charge is 2.25. The van der Waals surface area contributed by atoms with Crippen LogP contribution in [0, 0.1) is 6.92 Å². The number of hydrogen-bond acceptors (Lipinski definition) is 7. The molecule has 0 bridgehead atoms. The summed E-state index contributed by atoms with van der Waals surface area (Å²) in [5, 5.41) is 7.94. The molecule has 1 amide bonds. The minimum Gasteiger partial charge on any atom is -0.378 e. The first-order chi connectivity index (χ1) is 18.0. The number of amides is 1. The van der Waals surface area contributed by atoms with Gasteiger partial charge < -0.3 is 15.0 Å². The predicted octanol–water partition coefficient (Wildman–Crippen LogP) is 4.00. The smallest absolute Gasteiger partial charge is 0.217 e. The number of fused-ring (bicyclic) bond motifs is 1. The SMILES string of the molecule is CC(=O)N[C@H]1CCN(Cc2cc3nc(-n4ccc(-c5cccc(C)c5)n4)cc(N4CCOCC4)c3s2)C1. The van der Waals surface area contributed by atoms with Crippen LogP contribution in [0.4, 0.5) is 5.69 Å². The first kappa shape index (κ1) is 24.1. The van der Waals surface area contributed by atoms with Crippen molar-refractivity contribution in [3.8, 4) is 17.1 Å². The van der Waals surface area contributed by atoms with Crippen molar-refractivity contribution in [1.82, 2.24) is 25.0 Å². The molecule has 9 heteroatoms. The van der Waals surface area contributed by atoms with E-state index < -0.39 is 0 Å². The van der Waals surface area contributed by atoms with E-state index in [1.54, 1.807) is 6.92 Å². The Labute approximate surface area is 220 Å². The van der Waals surface area contributed by atoms with Crippen molar-refractivity contribution in [3.63, 3.8) is 0 Å². The predicted molar refractivity (Wildman–Crippen MR) is 147 cm³/mol. The standard InChI is InChI=1S/C28H32N6O2S/c1-19-4-3-5-21(14-19)24-7-9-34(31-24)27-16-26(33-10-12-36-13-11-33)28-25(30-27)15-23(37-28)18-32-8-6-22(17-32)29-20(2)35/h3-5,7,9,14-16,22H,6,8,10-13,17-18H2,1-2H3,(H,29,35)/t22-/m0/s1. The van der Waals surface area contributed by atoms with Crippen LogP contribution in [-0.2, 0) is 16.1 Å². The van der Waals surface area contributed by atoms with E-state index in [1.165, 1.54) is 20.8 Å². The fraction of sp³-hybridized carbons (Fsp3) is 0.393. The summed E-state index contributed by atoms with van der Waals surface area (Å²) in [5.74, 6) is 0.869. The molecule has 1 aromatic carbocycles. The number of benzene rings is 1. The normalized spacial score (nSPS) is 18.5. The Bertz CT molecular complexity index is 1420. The molecule has 192 valence electrons. The van der Waals surface area contributed by atoms with Crippen LogP contribution < -0.4 is 10.2 Å². The lowest BCUT2D eigenvalue weighted by Gasteiger charge is -2.29. The number of likely N-dealkylation sites (tertiary alicyclic amines) is 1. The Morgan fingerprint density at radius 1 is 1.16 bits per heavy atom. The second-order valence-electron chi connectivity index (χ2n) is 9.96. The van der Waals surface area contributed by atoms with Crippen molar-refractivity contribution in [2.75, 3.05) is 44.3 Å². The van der Waals surface area contributed by atoms with Crippen LogP contribution in [0.2, 0.25) is 0 Å². The molecule has 0 spiro atoms. The second-order valence-corrected chi connectivity index (χ2v) is 11.1. The molecule has 5 heterocycles. The third-order valence-electron chi connectivity index (χ3n) is 7.05. The number of hydrogen-bond donors (Lipinski definition) is 1. The molecule has 0 radical (unpaired) electrons. The van der Waals surface area contributed by atoms with Gasteiger partial charge in [0.25, 0.3) is 0 Å². The summed E-state index contributed by atoms with van der Waals surface area (Å²) in [6.07, 6.45) is 2.99. The quantitative estimate of drug-likeness (QED) is 0.418. The first-order valence-corrected chi connectivity index (χ1v) is 13.7. The average Bonchev–Trinajstić information content (AvgIpc) is 3.63. The second kappa shape index (κ2) is 10.2. The van der Waals surface area contributed by atoms with E-state index in [0.717, 1.165) is 75.0 Å². The van der Waals surface area contributed by atoms with Crippen molar-refractivity contribution in [2.45, 2.75) is 32.9 Å². The van der Waals surface area contributed by atoms with E-state index >= 15 is 0 Å². The summed E-state index contributed by atoms with van der Waals surface area (Å²) in [4.78, 5) is 22.6. The number of nitrogens with one attached hydrogen (secondary N) is 1. The molecule has 2 saturated heterocycles. The Kier molecular flexibility index (Phi) is 6.67. The fourth-order valence-corrected chi connectivity index (χ4v) is 6.47. The molecule has 2 aliphatic rings. The van der Waals surface area contributed by atoms with Gasteiger partial charge in [-0.1, -0.05) is 23.8 Å². The van der Waals surface area contributed by atoms with Crippen LogP contribution in [-0.4, -0.2) is 71.0 Å². The average molecular weight is 517 g/mol. The Hall–Kier alpha value is -3.27. The van der Waals surface area contributed by atoms with Gasteiger partial charge in [0.2, 0.25) is 5.91 Å². The molecule has 1 atom stereocenters. The molecule has 1 N–H and O–H groups in total. The van der Waals surface area contributed by atoms with Gasteiger partial charge >= 0.3 is 0 Å². The van der Waals surface area contributed by atoms with E-state index in [-0.39, 0.29) is 11.9 Å². The lowest BCUT2D eigenvalue weighted by atomic mass is 10.1. The highest BCUT2D eigenvalue weighted by molar-refractivity contribution is 7.19. The van der Waals surface area contributed by atoms with Gasteiger partial charge in [0.05, 0.1) is 34.8 Å². The number of aryl methyl sites for hydroxylation is 1. The minimum atomic E-state index is 0.0461. The van der Waals surface area contributed by atoms with E-state index in [2.05, 4.69) is 58.4 Å². The van der Waals surface area contributed by atoms with E-state index in [9.17, 15) is 4.79 Å². The summed E-state index contributed by atoms with van der Waals surface area (Å²) in [5.41, 5.74) is 5.46. The maximum atomic E-state index is 11.5. The van der Waals surface area contributed by atoms with Crippen molar-refractivity contribution in [2.24, 2.45) is 0 Å². The number of nitrogens with zero attached hydrogens (tertiary/aromatic N) is 5. The number of anilines is 1. The van der Waals surface area contributed by atoms with Crippen molar-refractivity contribution in [1.29, 1.82) is 0 Å². The van der Waals surface area contributed by atoms with Crippen molar-refractivity contribution in [3.05, 3.63) is 59.1 Å². The molecule has 2 fully saturated rings. The zero-order valence-electron chi connectivity index (χ0n) is 21.3. The third-order valence-corrected chi connectivity index (χ3v) is 8.18. The molecule has 0 saturated carbocycles. The largest absolute Gasteiger partial charge is 0.378 e. The summed E-state index contributed by atoms with van der Waals surface area (Å²) in [6, 6.07) is 15.1. The maximum absolute atomic E-state index is 11.5. The monoisotopic (exact) mass is 516 g/mol. The number of thiophene rings is 1. The molecule has 3 aromatic heterocycles. The van der Waals surface area contributed by atoms with Gasteiger partial charge in [-0.05, 0) is 31.5 Å². The van der Waals surface area contributed by atoms with Crippen molar-refractivity contribution < 1.29 is 9.53 Å². The molecule has 0 aliphatic carbocycles. The number of carbonyl (C=O) groups excluding carboxylic acids is 1. The Morgan fingerprint density at radius 3 is 2.84 bits per heavy atom. The number of rotatable bonds is 6. The number of morpholine rings is 1. The van der Waals surface area contributed by atoms with Crippen LogP contribution in [0.5, 0.6) is 0 Å². The third kappa shape index (κ3) is 5.25. The number of ether oxygens (including phenoxy) is 1. The molecule has 6 rings (SSSR count). The van der Waals surface area contributed by atoms with Crippen LogP contribution in [0.3, 0.4) is 0 Å². The summed E-state index contributed by atoms with van der Waals surface area (Å²) >= 11 is 1.82. The van der Waals surface area contributed by atoms with Crippen LogP contribution >= 0.6 is 11.3 Å². The molecular weight excluding hydrogens is 484 g/mol.